The summed E-state index contributed by atoms with van der Waals surface area (Å²) in [4.78, 5) is 26.5. The fraction of sp³-hybridized carbons (Fsp3) is 0.238. The molecule has 0 saturated heterocycles. The van der Waals surface area contributed by atoms with Crippen molar-refractivity contribution < 1.29 is 9.53 Å². The zero-order valence-electron chi connectivity index (χ0n) is 15.2. The lowest BCUT2D eigenvalue weighted by Crippen LogP contribution is -2.35. The van der Waals surface area contributed by atoms with Gasteiger partial charge in [-0.2, -0.15) is 0 Å². The van der Waals surface area contributed by atoms with Crippen LogP contribution in [0.2, 0.25) is 0 Å². The Morgan fingerprint density at radius 2 is 1.85 bits per heavy atom. The molecule has 0 radical (unpaired) electrons. The Bertz CT molecular complexity index is 994. The van der Waals surface area contributed by atoms with E-state index in [-0.39, 0.29) is 29.8 Å². The Morgan fingerprint density at radius 3 is 2.58 bits per heavy atom. The number of pyridine rings is 1. The Hall–Kier alpha value is -3.08. The first-order valence-electron chi connectivity index (χ1n) is 8.49. The minimum atomic E-state index is -0.310. The molecule has 5 heteroatoms. The van der Waals surface area contributed by atoms with Crippen molar-refractivity contribution in [2.45, 2.75) is 19.5 Å². The highest BCUT2D eigenvalue weighted by Crippen LogP contribution is 2.23. The molecule has 1 aromatic heterocycles. The molecular weight excluding hydrogens is 328 g/mol. The monoisotopic (exact) mass is 350 g/mol. The SMILES string of the molecule is COc1cccn(CC(=O)N(C)[C@@H](C)c2ccc3ccccc3c2)c1=O. The summed E-state index contributed by atoms with van der Waals surface area (Å²) in [5, 5.41) is 2.31. The number of nitrogens with zero attached hydrogens (tertiary/aromatic N) is 2. The number of methoxy groups -OCH3 is 1. The second kappa shape index (κ2) is 7.44. The summed E-state index contributed by atoms with van der Waals surface area (Å²) in [5.74, 6) is 0.0894. The van der Waals surface area contributed by atoms with Crippen LogP contribution in [0.25, 0.3) is 10.8 Å². The maximum atomic E-state index is 12.7. The molecule has 0 aliphatic carbocycles. The number of rotatable bonds is 5. The van der Waals surface area contributed by atoms with E-state index in [0.717, 1.165) is 10.9 Å². The maximum Gasteiger partial charge on any atom is 0.293 e. The van der Waals surface area contributed by atoms with Crippen molar-refractivity contribution in [3.8, 4) is 5.75 Å². The number of hydrogen-bond donors (Lipinski definition) is 0. The molecule has 0 saturated carbocycles. The van der Waals surface area contributed by atoms with Crippen molar-refractivity contribution >= 4 is 16.7 Å². The van der Waals surface area contributed by atoms with Crippen molar-refractivity contribution in [2.75, 3.05) is 14.2 Å². The molecule has 26 heavy (non-hydrogen) atoms. The van der Waals surface area contributed by atoms with Crippen molar-refractivity contribution in [2.24, 2.45) is 0 Å². The van der Waals surface area contributed by atoms with E-state index in [1.807, 2.05) is 25.1 Å². The lowest BCUT2D eigenvalue weighted by atomic mass is 10.0. The van der Waals surface area contributed by atoms with E-state index in [1.165, 1.54) is 17.1 Å². The third kappa shape index (κ3) is 3.47. The number of benzene rings is 2. The van der Waals surface area contributed by atoms with Gasteiger partial charge in [-0.1, -0.05) is 36.4 Å². The van der Waals surface area contributed by atoms with Gasteiger partial charge in [0.05, 0.1) is 13.2 Å². The van der Waals surface area contributed by atoms with Gasteiger partial charge < -0.3 is 14.2 Å². The zero-order valence-corrected chi connectivity index (χ0v) is 15.2. The molecule has 0 fully saturated rings. The molecular formula is C21H22N2O3. The molecule has 1 heterocycles. The van der Waals surface area contributed by atoms with Crippen LogP contribution in [0.4, 0.5) is 0 Å². The van der Waals surface area contributed by atoms with E-state index in [1.54, 1.807) is 30.3 Å². The normalized spacial score (nSPS) is 12.0. The van der Waals surface area contributed by atoms with Crippen LogP contribution in [0, 0.1) is 0 Å². The molecule has 2 aromatic carbocycles. The van der Waals surface area contributed by atoms with Crippen molar-refractivity contribution in [1.82, 2.24) is 9.47 Å². The van der Waals surface area contributed by atoms with Crippen LogP contribution < -0.4 is 10.3 Å². The fourth-order valence-electron chi connectivity index (χ4n) is 2.96. The van der Waals surface area contributed by atoms with E-state index in [2.05, 4.69) is 24.3 Å². The third-order valence-corrected chi connectivity index (χ3v) is 4.74. The van der Waals surface area contributed by atoms with Gasteiger partial charge in [0.15, 0.2) is 5.75 Å². The van der Waals surface area contributed by atoms with Crippen LogP contribution in [-0.4, -0.2) is 29.5 Å². The summed E-state index contributed by atoms with van der Waals surface area (Å²) in [6.07, 6.45) is 1.59. The smallest absolute Gasteiger partial charge is 0.293 e. The van der Waals surface area contributed by atoms with Gasteiger partial charge in [0.25, 0.3) is 5.56 Å². The van der Waals surface area contributed by atoms with Gasteiger partial charge in [-0.15, -0.1) is 0 Å². The molecule has 3 rings (SSSR count). The van der Waals surface area contributed by atoms with Crippen LogP contribution in [0.15, 0.2) is 65.6 Å². The van der Waals surface area contributed by atoms with Gasteiger partial charge in [-0.05, 0) is 41.5 Å². The van der Waals surface area contributed by atoms with E-state index in [4.69, 9.17) is 4.74 Å². The van der Waals surface area contributed by atoms with E-state index in [9.17, 15) is 9.59 Å². The number of likely N-dealkylation sites (N-methyl/N-ethyl adjacent to an activating group) is 1. The fourth-order valence-corrected chi connectivity index (χ4v) is 2.96. The van der Waals surface area contributed by atoms with Crippen LogP contribution in [0.3, 0.4) is 0 Å². The highest BCUT2D eigenvalue weighted by molar-refractivity contribution is 5.83. The Labute approximate surface area is 152 Å². The quantitative estimate of drug-likeness (QED) is 0.710. The van der Waals surface area contributed by atoms with Crippen LogP contribution >= 0.6 is 0 Å². The average Bonchev–Trinajstić information content (AvgIpc) is 2.68. The molecule has 0 aliphatic heterocycles. The zero-order chi connectivity index (χ0) is 18.7. The van der Waals surface area contributed by atoms with Gasteiger partial charge in [-0.25, -0.2) is 0 Å². The first kappa shape index (κ1) is 17.7. The number of ether oxygens (including phenoxy) is 1. The summed E-state index contributed by atoms with van der Waals surface area (Å²) in [6.45, 7) is 1.96. The predicted octanol–water partition coefficient (Wildman–Crippen LogP) is 3.23. The Morgan fingerprint density at radius 1 is 1.12 bits per heavy atom. The number of carbonyl (C=O) groups excluding carboxylic acids is 1. The van der Waals surface area contributed by atoms with Crippen molar-refractivity contribution in [1.29, 1.82) is 0 Å². The number of fused-ring (bicyclic) bond motifs is 1. The summed E-state index contributed by atoms with van der Waals surface area (Å²) in [7, 11) is 3.20. The second-order valence-electron chi connectivity index (χ2n) is 6.30. The summed E-state index contributed by atoms with van der Waals surface area (Å²) in [6, 6.07) is 17.5. The molecule has 1 amide bonds. The topological polar surface area (TPSA) is 51.5 Å². The van der Waals surface area contributed by atoms with Gasteiger partial charge in [-0.3, -0.25) is 9.59 Å². The molecule has 0 bridgehead atoms. The number of aromatic nitrogens is 1. The second-order valence-corrected chi connectivity index (χ2v) is 6.30. The number of amides is 1. The Balaban J connectivity index is 1.80. The largest absolute Gasteiger partial charge is 0.491 e. The number of hydrogen-bond acceptors (Lipinski definition) is 3. The molecule has 0 N–H and O–H groups in total. The third-order valence-electron chi connectivity index (χ3n) is 4.74. The summed E-state index contributed by atoms with van der Waals surface area (Å²) >= 11 is 0. The first-order chi connectivity index (χ1) is 12.5. The van der Waals surface area contributed by atoms with Crippen LogP contribution in [0.1, 0.15) is 18.5 Å². The highest BCUT2D eigenvalue weighted by Gasteiger charge is 2.19. The standard InChI is InChI=1S/C21H22N2O3/c1-15(17-11-10-16-7-4-5-8-18(16)13-17)22(2)20(24)14-23-12-6-9-19(26-3)21(23)25/h4-13,15H,14H2,1-3H3/t15-/m0/s1. The highest BCUT2D eigenvalue weighted by atomic mass is 16.5. The minimum absolute atomic E-state index is 0.0234. The van der Waals surface area contributed by atoms with Crippen LogP contribution in [-0.2, 0) is 11.3 Å². The molecule has 134 valence electrons. The number of carbonyl (C=O) groups is 1. The molecule has 0 aliphatic rings. The minimum Gasteiger partial charge on any atom is -0.491 e. The summed E-state index contributed by atoms with van der Waals surface area (Å²) < 4.78 is 6.39. The van der Waals surface area contributed by atoms with Gasteiger partial charge in [0.2, 0.25) is 5.91 Å². The van der Waals surface area contributed by atoms with Crippen molar-refractivity contribution in [3.63, 3.8) is 0 Å². The lowest BCUT2D eigenvalue weighted by Gasteiger charge is -2.26. The average molecular weight is 350 g/mol. The molecule has 0 spiro atoms. The van der Waals surface area contributed by atoms with Crippen LogP contribution in [0.5, 0.6) is 5.75 Å². The van der Waals surface area contributed by atoms with E-state index < -0.39 is 0 Å². The molecule has 3 aromatic rings. The van der Waals surface area contributed by atoms with E-state index >= 15 is 0 Å². The van der Waals surface area contributed by atoms with Gasteiger partial charge in [0, 0.05) is 13.2 Å². The lowest BCUT2D eigenvalue weighted by molar-refractivity contribution is -0.132. The first-order valence-corrected chi connectivity index (χ1v) is 8.49. The van der Waals surface area contributed by atoms with Gasteiger partial charge >= 0.3 is 0 Å². The van der Waals surface area contributed by atoms with Gasteiger partial charge in [0.1, 0.15) is 6.54 Å². The Kier molecular flexibility index (Phi) is 5.07. The maximum absolute atomic E-state index is 12.7. The molecule has 0 unspecified atom stereocenters. The van der Waals surface area contributed by atoms with E-state index in [0.29, 0.717) is 0 Å². The van der Waals surface area contributed by atoms with Crippen molar-refractivity contribution in [3.05, 3.63) is 76.7 Å². The molecule has 5 nitrogen and oxygen atoms in total. The molecule has 1 atom stereocenters. The predicted molar refractivity (Wildman–Crippen MR) is 102 cm³/mol. The summed E-state index contributed by atoms with van der Waals surface area (Å²) in [5.41, 5.74) is 0.743.